The Morgan fingerprint density at radius 2 is 2.18 bits per heavy atom. The predicted molar refractivity (Wildman–Crippen MR) is 45.6 cm³/mol. The van der Waals surface area contributed by atoms with Gasteiger partial charge in [-0.15, -0.1) is 6.58 Å². The molecule has 2 N–H and O–H groups in total. The highest BCUT2D eigenvalue weighted by Gasteiger charge is 2.04. The summed E-state index contributed by atoms with van der Waals surface area (Å²) in [6.07, 6.45) is 1.37. The van der Waals surface area contributed by atoms with Crippen molar-refractivity contribution < 1.29 is 15.0 Å². The predicted octanol–water partition coefficient (Wildman–Crippen LogP) is 0.544. The SMILES string of the molecule is C=C[C@H](O)C=C(C=S)C(=O)O. The van der Waals surface area contributed by atoms with Gasteiger partial charge in [0.05, 0.1) is 11.7 Å². The number of aliphatic carboxylic acids is 1. The van der Waals surface area contributed by atoms with Gasteiger partial charge in [0.15, 0.2) is 0 Å². The summed E-state index contributed by atoms with van der Waals surface area (Å²) in [4.78, 5) is 10.3. The lowest BCUT2D eigenvalue weighted by atomic mass is 10.2. The fraction of sp³-hybridized carbons (Fsp3) is 0.143. The number of hydrogen-bond acceptors (Lipinski definition) is 3. The van der Waals surface area contributed by atoms with Crippen LogP contribution in [0.15, 0.2) is 24.3 Å². The normalized spacial score (nSPS) is 13.7. The lowest BCUT2D eigenvalue weighted by molar-refractivity contribution is -0.132. The largest absolute Gasteiger partial charge is 0.478 e. The van der Waals surface area contributed by atoms with Crippen molar-refractivity contribution >= 4 is 23.6 Å². The van der Waals surface area contributed by atoms with Gasteiger partial charge in [-0.05, 0) is 6.08 Å². The smallest absolute Gasteiger partial charge is 0.336 e. The van der Waals surface area contributed by atoms with Crippen LogP contribution in [0.4, 0.5) is 0 Å². The van der Waals surface area contributed by atoms with E-state index < -0.39 is 12.1 Å². The Kier molecular flexibility index (Phi) is 4.33. The molecule has 0 heterocycles. The van der Waals surface area contributed by atoms with Crippen LogP contribution in [0.2, 0.25) is 0 Å². The van der Waals surface area contributed by atoms with Crippen molar-refractivity contribution in [1.29, 1.82) is 0 Å². The van der Waals surface area contributed by atoms with Crippen molar-refractivity contribution in [3.63, 3.8) is 0 Å². The maximum Gasteiger partial charge on any atom is 0.336 e. The van der Waals surface area contributed by atoms with Crippen LogP contribution in [-0.2, 0) is 4.79 Å². The van der Waals surface area contributed by atoms with Crippen LogP contribution in [0.5, 0.6) is 0 Å². The molecule has 0 radical (unpaired) electrons. The Bertz CT molecular complexity index is 208. The minimum Gasteiger partial charge on any atom is -0.478 e. The zero-order valence-electron chi connectivity index (χ0n) is 5.73. The molecule has 1 atom stereocenters. The Hall–Kier alpha value is -1.00. The monoisotopic (exact) mass is 172 g/mol. The maximum absolute atomic E-state index is 10.3. The van der Waals surface area contributed by atoms with Crippen LogP contribution in [-0.4, -0.2) is 27.7 Å². The van der Waals surface area contributed by atoms with Crippen molar-refractivity contribution in [1.82, 2.24) is 0 Å². The molecule has 0 aromatic heterocycles. The summed E-state index contributed by atoms with van der Waals surface area (Å²) < 4.78 is 0. The number of carbonyl (C=O) groups is 1. The summed E-state index contributed by atoms with van der Waals surface area (Å²) in [6.45, 7) is 3.27. The number of carboxylic acids is 1. The molecule has 0 unspecified atom stereocenters. The van der Waals surface area contributed by atoms with Gasteiger partial charge in [-0.1, -0.05) is 18.3 Å². The Morgan fingerprint density at radius 1 is 1.64 bits per heavy atom. The summed E-state index contributed by atoms with van der Waals surface area (Å²) in [6, 6.07) is 0. The van der Waals surface area contributed by atoms with Crippen molar-refractivity contribution in [3.8, 4) is 0 Å². The molecule has 0 aromatic rings. The third-order valence-corrected chi connectivity index (χ3v) is 1.22. The van der Waals surface area contributed by atoms with Crippen LogP contribution in [0.3, 0.4) is 0 Å². The molecule has 11 heavy (non-hydrogen) atoms. The third-order valence-electron chi connectivity index (χ3n) is 0.966. The summed E-state index contributed by atoms with van der Waals surface area (Å²) in [5.41, 5.74) is -0.104. The van der Waals surface area contributed by atoms with Gasteiger partial charge in [0.25, 0.3) is 0 Å². The van der Waals surface area contributed by atoms with E-state index >= 15 is 0 Å². The highest BCUT2D eigenvalue weighted by atomic mass is 32.1. The van der Waals surface area contributed by atoms with Crippen molar-refractivity contribution in [2.24, 2.45) is 0 Å². The van der Waals surface area contributed by atoms with Crippen LogP contribution < -0.4 is 0 Å². The molecule has 0 aliphatic rings. The summed E-state index contributed by atoms with van der Waals surface area (Å²) in [5.74, 6) is -1.15. The highest BCUT2D eigenvalue weighted by molar-refractivity contribution is 7.79. The van der Waals surface area contributed by atoms with E-state index in [4.69, 9.17) is 10.2 Å². The molecule has 60 valence electrons. The molecule has 0 amide bonds. The minimum absolute atomic E-state index is 0.104. The molecule has 0 aromatic carbocycles. The Labute approximate surface area is 69.7 Å². The molecule has 0 saturated carbocycles. The average Bonchev–Trinajstić information content (AvgIpc) is 1.99. The van der Waals surface area contributed by atoms with E-state index in [1.807, 2.05) is 0 Å². The summed E-state index contributed by atoms with van der Waals surface area (Å²) in [7, 11) is 0. The molecule has 0 saturated heterocycles. The first-order valence-corrected chi connectivity index (χ1v) is 3.30. The van der Waals surface area contributed by atoms with Crippen LogP contribution >= 0.6 is 12.2 Å². The zero-order chi connectivity index (χ0) is 8.85. The fourth-order valence-electron chi connectivity index (χ4n) is 0.413. The molecular weight excluding hydrogens is 164 g/mol. The second kappa shape index (κ2) is 4.76. The van der Waals surface area contributed by atoms with E-state index in [-0.39, 0.29) is 5.57 Å². The number of thiocarbonyl (C=S) groups is 1. The van der Waals surface area contributed by atoms with Crippen LogP contribution in [0, 0.1) is 0 Å². The molecule has 0 rings (SSSR count). The van der Waals surface area contributed by atoms with Crippen molar-refractivity contribution in [2.45, 2.75) is 6.10 Å². The first-order chi connectivity index (χ1) is 5.11. The summed E-state index contributed by atoms with van der Waals surface area (Å²) >= 11 is 4.40. The number of hydrogen-bond donors (Lipinski definition) is 2. The van der Waals surface area contributed by atoms with E-state index in [1.165, 1.54) is 6.08 Å². The second-order valence-corrected chi connectivity index (χ2v) is 2.01. The number of rotatable bonds is 4. The van der Waals surface area contributed by atoms with Crippen LogP contribution in [0.25, 0.3) is 0 Å². The van der Waals surface area contributed by atoms with E-state index in [1.54, 1.807) is 0 Å². The van der Waals surface area contributed by atoms with Gasteiger partial charge < -0.3 is 10.2 Å². The van der Waals surface area contributed by atoms with Gasteiger partial charge in [-0.3, -0.25) is 0 Å². The molecule has 4 heteroatoms. The van der Waals surface area contributed by atoms with Gasteiger partial charge in [0, 0.05) is 5.37 Å². The third kappa shape index (κ3) is 3.64. The first-order valence-electron chi connectivity index (χ1n) is 2.82. The zero-order valence-corrected chi connectivity index (χ0v) is 6.54. The van der Waals surface area contributed by atoms with Gasteiger partial charge in [0.1, 0.15) is 0 Å². The minimum atomic E-state index is -1.15. The Balaban J connectivity index is 4.46. The number of carboxylic acid groups (broad SMARTS) is 1. The van der Waals surface area contributed by atoms with Gasteiger partial charge in [-0.2, -0.15) is 0 Å². The first kappa shape index (κ1) is 10.0. The molecule has 0 aliphatic carbocycles. The molecule has 0 bridgehead atoms. The quantitative estimate of drug-likeness (QED) is 0.369. The summed E-state index contributed by atoms with van der Waals surface area (Å²) in [5, 5.41) is 18.3. The van der Waals surface area contributed by atoms with Gasteiger partial charge in [-0.25, -0.2) is 4.79 Å². The standard InChI is InChI=1S/C7H8O3S/c1-2-6(8)3-5(4-11)7(9)10/h2-4,6,8H,1H2,(H,9,10)/t6-/m0/s1. The lowest BCUT2D eigenvalue weighted by Crippen LogP contribution is -2.06. The van der Waals surface area contributed by atoms with Crippen molar-refractivity contribution in [2.75, 3.05) is 0 Å². The maximum atomic E-state index is 10.3. The molecule has 0 fully saturated rings. The number of aliphatic hydroxyl groups excluding tert-OH is 1. The Morgan fingerprint density at radius 3 is 2.45 bits per heavy atom. The fourth-order valence-corrected chi connectivity index (χ4v) is 0.592. The molecule has 0 aliphatic heterocycles. The highest BCUT2D eigenvalue weighted by Crippen LogP contribution is 1.95. The topological polar surface area (TPSA) is 57.5 Å². The van der Waals surface area contributed by atoms with Gasteiger partial charge in [0.2, 0.25) is 0 Å². The van der Waals surface area contributed by atoms with E-state index in [0.717, 1.165) is 11.4 Å². The van der Waals surface area contributed by atoms with Crippen LogP contribution in [0.1, 0.15) is 0 Å². The van der Waals surface area contributed by atoms with E-state index in [0.29, 0.717) is 0 Å². The van der Waals surface area contributed by atoms with E-state index in [9.17, 15) is 4.79 Å². The lowest BCUT2D eigenvalue weighted by Gasteiger charge is -1.97. The van der Waals surface area contributed by atoms with E-state index in [2.05, 4.69) is 18.8 Å². The molecular formula is C7H8O3S. The van der Waals surface area contributed by atoms with Crippen molar-refractivity contribution in [3.05, 3.63) is 24.3 Å². The molecule has 3 nitrogen and oxygen atoms in total. The average molecular weight is 172 g/mol. The second-order valence-electron chi connectivity index (χ2n) is 1.77. The molecule has 0 spiro atoms. The number of aliphatic hydroxyl groups is 1. The van der Waals surface area contributed by atoms with Gasteiger partial charge >= 0.3 is 5.97 Å².